The molecule has 0 saturated carbocycles. The molecule has 2 nitrogen and oxygen atoms in total. The average molecular weight is 213 g/mol. The molecular formula is C6H17O2S2Si+. The van der Waals surface area contributed by atoms with Gasteiger partial charge in [-0.1, -0.05) is 0 Å². The lowest BCUT2D eigenvalue weighted by Crippen LogP contribution is -2.29. The van der Waals surface area contributed by atoms with Gasteiger partial charge in [-0.2, -0.15) is 21.0 Å². The molecule has 0 aromatic heterocycles. The Morgan fingerprint density at radius 2 is 1.73 bits per heavy atom. The van der Waals surface area contributed by atoms with Crippen molar-refractivity contribution < 1.29 is 8.37 Å². The minimum atomic E-state index is -0.884. The maximum atomic E-state index is 5.45. The van der Waals surface area contributed by atoms with Gasteiger partial charge < -0.3 is 0 Å². The average Bonchev–Trinajstić information content (AvgIpc) is 2.03. The summed E-state index contributed by atoms with van der Waals surface area (Å²) >= 11 is 4.25. The van der Waals surface area contributed by atoms with E-state index in [1.807, 2.05) is 13.8 Å². The molecule has 0 amide bonds. The predicted octanol–water partition coefficient (Wildman–Crippen LogP) is 1.33. The highest BCUT2D eigenvalue weighted by Gasteiger charge is 2.32. The van der Waals surface area contributed by atoms with Crippen molar-refractivity contribution in [3.05, 3.63) is 0 Å². The van der Waals surface area contributed by atoms with Crippen molar-refractivity contribution in [1.29, 1.82) is 0 Å². The lowest BCUT2D eigenvalue weighted by atomic mass is 10.9. The van der Waals surface area contributed by atoms with Gasteiger partial charge in [-0.3, -0.25) is 0 Å². The molecule has 0 rings (SSSR count). The first-order valence-corrected chi connectivity index (χ1v) is 9.02. The van der Waals surface area contributed by atoms with Crippen LogP contribution in [-0.4, -0.2) is 26.5 Å². The summed E-state index contributed by atoms with van der Waals surface area (Å²) in [4.78, 5) is 0. The molecular weight excluding hydrogens is 196 g/mol. The zero-order valence-corrected chi connectivity index (χ0v) is 10.2. The second-order valence-corrected chi connectivity index (χ2v) is 9.71. The smallest absolute Gasteiger partial charge is 0.178 e. The Hall–Kier alpha value is 0.837. The molecule has 0 fully saturated rings. The van der Waals surface area contributed by atoms with Crippen molar-refractivity contribution in [1.82, 2.24) is 0 Å². The molecule has 5 heteroatoms. The van der Waals surface area contributed by atoms with E-state index in [-0.39, 0.29) is 10.9 Å². The van der Waals surface area contributed by atoms with Crippen LogP contribution in [0.5, 0.6) is 0 Å². The van der Waals surface area contributed by atoms with Gasteiger partial charge in [-0.15, -0.1) is 0 Å². The molecule has 0 aliphatic heterocycles. The Morgan fingerprint density at radius 1 is 1.27 bits per heavy atom. The fourth-order valence-electron chi connectivity index (χ4n) is 0.559. The topological polar surface area (TPSA) is 18.5 Å². The van der Waals surface area contributed by atoms with Crippen molar-refractivity contribution in [2.45, 2.75) is 20.4 Å². The Balaban J connectivity index is 3.66. The summed E-state index contributed by atoms with van der Waals surface area (Å²) in [5.74, 6) is 0. The number of hydrogen-bond acceptors (Lipinski definition) is 3. The summed E-state index contributed by atoms with van der Waals surface area (Å²) in [6, 6.07) is 0. The van der Waals surface area contributed by atoms with E-state index in [4.69, 9.17) is 8.37 Å². The van der Waals surface area contributed by atoms with Crippen molar-refractivity contribution in [3.63, 3.8) is 0 Å². The van der Waals surface area contributed by atoms with Crippen molar-refractivity contribution in [3.8, 4) is 0 Å². The van der Waals surface area contributed by atoms with E-state index in [9.17, 15) is 0 Å². The van der Waals surface area contributed by atoms with Crippen LogP contribution in [-0.2, 0) is 19.3 Å². The fourth-order valence-corrected chi connectivity index (χ4v) is 5.35. The maximum absolute atomic E-state index is 5.45. The van der Waals surface area contributed by atoms with Gasteiger partial charge in [-0.05, 0) is 20.4 Å². The molecule has 68 valence electrons. The summed E-state index contributed by atoms with van der Waals surface area (Å²) in [5.41, 5.74) is 0. The van der Waals surface area contributed by atoms with Crippen LogP contribution in [0.3, 0.4) is 0 Å². The van der Waals surface area contributed by atoms with Crippen molar-refractivity contribution in [2.24, 2.45) is 0 Å². The standard InChI is InChI=1S/C6H16O2S2Si/c1-4-7-10(8-5-2)11(3)6-9/h11H,4-6H2,1-3H3/p+1. The van der Waals surface area contributed by atoms with E-state index in [1.165, 1.54) is 0 Å². The third-order valence-electron chi connectivity index (χ3n) is 1.05. The van der Waals surface area contributed by atoms with Crippen molar-refractivity contribution in [2.75, 3.05) is 18.6 Å². The molecule has 0 radical (unpaired) electrons. The lowest BCUT2D eigenvalue weighted by molar-refractivity contribution is 0.295. The maximum Gasteiger partial charge on any atom is 0.375 e. The van der Waals surface area contributed by atoms with Gasteiger partial charge in [0.1, 0.15) is 13.2 Å². The van der Waals surface area contributed by atoms with Crippen LogP contribution in [0, 0.1) is 0 Å². The third-order valence-corrected chi connectivity index (χ3v) is 8.83. The Morgan fingerprint density at radius 3 is 2.00 bits per heavy atom. The molecule has 0 spiro atoms. The van der Waals surface area contributed by atoms with E-state index in [0.29, 0.717) is 0 Å². The first-order chi connectivity index (χ1) is 5.26. The van der Waals surface area contributed by atoms with E-state index >= 15 is 0 Å². The molecule has 0 saturated heterocycles. The summed E-state index contributed by atoms with van der Waals surface area (Å²) in [7, 11) is -1.09. The van der Waals surface area contributed by atoms with E-state index in [2.05, 4.69) is 19.2 Å². The van der Waals surface area contributed by atoms with Crippen LogP contribution in [0.2, 0.25) is 6.55 Å². The van der Waals surface area contributed by atoms with Gasteiger partial charge in [0.2, 0.25) is 10.9 Å². The van der Waals surface area contributed by atoms with Crippen LogP contribution in [0.25, 0.3) is 0 Å². The van der Waals surface area contributed by atoms with Crippen LogP contribution < -0.4 is 0 Å². The molecule has 0 bridgehead atoms. The molecule has 0 aliphatic rings. The Labute approximate surface area is 79.1 Å². The van der Waals surface area contributed by atoms with Gasteiger partial charge >= 0.3 is 7.95 Å². The lowest BCUT2D eigenvalue weighted by Gasteiger charge is -2.06. The molecule has 1 unspecified atom stereocenters. The molecule has 0 aromatic rings. The van der Waals surface area contributed by atoms with Crippen molar-refractivity contribution >= 4 is 31.5 Å². The highest BCUT2D eigenvalue weighted by atomic mass is 32.4. The van der Waals surface area contributed by atoms with E-state index < -0.39 is 7.95 Å². The molecule has 0 aliphatic carbocycles. The van der Waals surface area contributed by atoms with Gasteiger partial charge in [-0.25, -0.2) is 0 Å². The predicted molar refractivity (Wildman–Crippen MR) is 57.5 cm³/mol. The largest absolute Gasteiger partial charge is 0.375 e. The van der Waals surface area contributed by atoms with E-state index in [1.54, 1.807) is 0 Å². The zero-order valence-electron chi connectivity index (χ0n) is 7.37. The highest BCUT2D eigenvalue weighted by molar-refractivity contribution is 8.17. The molecule has 0 aromatic carbocycles. The first kappa shape index (κ1) is 11.8. The minimum absolute atomic E-state index is 0.207. The number of rotatable bonds is 6. The van der Waals surface area contributed by atoms with Crippen LogP contribution in [0.4, 0.5) is 0 Å². The minimum Gasteiger partial charge on any atom is -0.178 e. The Bertz CT molecular complexity index is 88.7. The van der Waals surface area contributed by atoms with Crippen LogP contribution in [0.1, 0.15) is 13.8 Å². The summed E-state index contributed by atoms with van der Waals surface area (Å²) < 4.78 is 10.9. The molecule has 11 heavy (non-hydrogen) atoms. The molecule has 0 heterocycles. The molecule has 1 atom stereocenters. The monoisotopic (exact) mass is 213 g/mol. The number of hydrogen-bond donors (Lipinski definition) is 1. The van der Waals surface area contributed by atoms with Crippen LogP contribution in [0.15, 0.2) is 0 Å². The number of thiol groups is 1. The van der Waals surface area contributed by atoms with E-state index in [0.717, 1.165) is 18.6 Å². The van der Waals surface area contributed by atoms with Gasteiger partial charge in [0, 0.05) is 5.38 Å². The van der Waals surface area contributed by atoms with Gasteiger partial charge in [0.05, 0.1) is 0 Å². The fraction of sp³-hybridized carbons (Fsp3) is 1.00. The first-order valence-electron chi connectivity index (χ1n) is 3.86. The molecule has 0 N–H and O–H groups in total. The van der Waals surface area contributed by atoms with Gasteiger partial charge in [0.25, 0.3) is 0 Å². The zero-order chi connectivity index (χ0) is 8.69. The SMILES string of the molecule is CCO[S+](OCC)[SiH](C)CS. The summed E-state index contributed by atoms with van der Waals surface area (Å²) in [5, 5.41) is 0.948. The van der Waals surface area contributed by atoms with Gasteiger partial charge in [0.15, 0.2) is 0 Å². The third kappa shape index (κ3) is 5.14. The quantitative estimate of drug-likeness (QED) is 0.408. The normalized spacial score (nSPS) is 13.9. The summed E-state index contributed by atoms with van der Waals surface area (Å²) in [6.45, 7) is 7.71. The van der Waals surface area contributed by atoms with Crippen LogP contribution >= 0.6 is 12.6 Å². The Kier molecular flexibility index (Phi) is 8.05. The second-order valence-electron chi connectivity index (χ2n) is 2.07. The second kappa shape index (κ2) is 7.48. The highest BCUT2D eigenvalue weighted by Crippen LogP contribution is 2.07. The summed E-state index contributed by atoms with van der Waals surface area (Å²) in [6.07, 6.45) is 0.